The summed E-state index contributed by atoms with van der Waals surface area (Å²) < 4.78 is 0. The lowest BCUT2D eigenvalue weighted by Crippen LogP contribution is -2.64. The van der Waals surface area contributed by atoms with Crippen LogP contribution in [-0.2, 0) is 11.3 Å². The lowest BCUT2D eigenvalue weighted by atomic mass is 9.68. The highest BCUT2D eigenvalue weighted by atomic mass is 16.4. The average Bonchev–Trinajstić information content (AvgIpc) is 2.60. The van der Waals surface area contributed by atoms with E-state index in [0.717, 1.165) is 50.4 Å². The van der Waals surface area contributed by atoms with Crippen LogP contribution in [0.15, 0.2) is 18.3 Å². The number of pyridine rings is 1. The van der Waals surface area contributed by atoms with Crippen molar-refractivity contribution in [1.29, 1.82) is 0 Å². The Hall–Kier alpha value is -1.66. The fourth-order valence-electron chi connectivity index (χ4n) is 5.20. The van der Waals surface area contributed by atoms with Gasteiger partial charge in [0.25, 0.3) is 0 Å². The minimum atomic E-state index is -0.642. The molecular formula is C20H30N4O2. The Balaban J connectivity index is 1.52. The number of anilines is 1. The first-order valence-electron chi connectivity index (χ1n) is 9.98. The third kappa shape index (κ3) is 3.21. The third-order valence-corrected chi connectivity index (χ3v) is 6.84. The molecule has 0 radical (unpaired) electrons. The number of hydrogen-bond donors (Lipinski definition) is 2. The van der Waals surface area contributed by atoms with Crippen LogP contribution in [0.4, 0.5) is 5.82 Å². The second-order valence-corrected chi connectivity index (χ2v) is 8.42. The second-order valence-electron chi connectivity index (χ2n) is 8.42. The summed E-state index contributed by atoms with van der Waals surface area (Å²) in [7, 11) is 0. The molecule has 6 nitrogen and oxygen atoms in total. The van der Waals surface area contributed by atoms with Crippen molar-refractivity contribution in [2.45, 2.75) is 51.1 Å². The number of carboxylic acid groups (broad SMARTS) is 1. The molecule has 0 amide bonds. The van der Waals surface area contributed by atoms with Gasteiger partial charge in [-0.25, -0.2) is 4.98 Å². The van der Waals surface area contributed by atoms with E-state index in [0.29, 0.717) is 18.9 Å². The number of aliphatic carboxylic acids is 1. The van der Waals surface area contributed by atoms with Gasteiger partial charge in [-0.15, -0.1) is 0 Å². The molecule has 142 valence electrons. The summed E-state index contributed by atoms with van der Waals surface area (Å²) in [6.45, 7) is 4.42. The zero-order chi connectivity index (χ0) is 18.1. The molecule has 3 fully saturated rings. The molecule has 3 heterocycles. The molecule has 6 heteroatoms. The van der Waals surface area contributed by atoms with E-state index in [2.05, 4.69) is 14.8 Å². The molecule has 2 saturated heterocycles. The molecule has 3 aliphatic rings. The van der Waals surface area contributed by atoms with Gasteiger partial charge in [-0.3, -0.25) is 9.69 Å². The number of nitrogen functional groups attached to an aromatic ring is 1. The van der Waals surface area contributed by atoms with Crippen molar-refractivity contribution in [2.75, 3.05) is 31.9 Å². The first-order chi connectivity index (χ1) is 12.6. The highest BCUT2D eigenvalue weighted by Crippen LogP contribution is 2.43. The highest BCUT2D eigenvalue weighted by molar-refractivity contribution is 5.76. The Bertz CT molecular complexity index is 663. The molecule has 1 aromatic heterocycles. The predicted octanol–water partition coefficient (Wildman–Crippen LogP) is 2.21. The van der Waals surface area contributed by atoms with Gasteiger partial charge in [0.2, 0.25) is 0 Å². The maximum atomic E-state index is 12.4. The van der Waals surface area contributed by atoms with Crippen molar-refractivity contribution in [3.8, 4) is 0 Å². The summed E-state index contributed by atoms with van der Waals surface area (Å²) in [5, 5.41) is 10.2. The lowest BCUT2D eigenvalue weighted by Gasteiger charge is -2.53. The smallest absolute Gasteiger partial charge is 0.312 e. The number of piperidine rings is 2. The number of nitrogens with two attached hydrogens (primary N) is 1. The van der Waals surface area contributed by atoms with Crippen LogP contribution in [0, 0.1) is 11.3 Å². The minimum Gasteiger partial charge on any atom is -0.481 e. The summed E-state index contributed by atoms with van der Waals surface area (Å²) in [6.07, 6.45) is 8.31. The Morgan fingerprint density at radius 1 is 1.31 bits per heavy atom. The molecular weight excluding hydrogens is 328 g/mol. The monoisotopic (exact) mass is 358 g/mol. The van der Waals surface area contributed by atoms with Gasteiger partial charge in [0, 0.05) is 37.4 Å². The van der Waals surface area contributed by atoms with Crippen LogP contribution in [0.2, 0.25) is 0 Å². The number of rotatable bonds is 5. The predicted molar refractivity (Wildman–Crippen MR) is 101 cm³/mol. The molecule has 1 aromatic rings. The van der Waals surface area contributed by atoms with Crippen molar-refractivity contribution in [3.05, 3.63) is 23.9 Å². The summed E-state index contributed by atoms with van der Waals surface area (Å²) in [5.74, 6) is 0.721. The Kier molecular flexibility index (Phi) is 4.88. The Labute approximate surface area is 155 Å². The van der Waals surface area contributed by atoms with Gasteiger partial charge in [0.15, 0.2) is 0 Å². The Morgan fingerprint density at radius 2 is 2.15 bits per heavy atom. The highest BCUT2D eigenvalue weighted by Gasteiger charge is 2.53. The van der Waals surface area contributed by atoms with Crippen LogP contribution in [0.5, 0.6) is 0 Å². The van der Waals surface area contributed by atoms with Crippen molar-refractivity contribution in [2.24, 2.45) is 11.3 Å². The minimum absolute atomic E-state index is 0.0889. The molecule has 3 N–H and O–H groups in total. The number of hydrogen-bond acceptors (Lipinski definition) is 5. The molecule has 0 aromatic carbocycles. The van der Waals surface area contributed by atoms with Crippen LogP contribution in [0.3, 0.4) is 0 Å². The molecule has 1 aliphatic carbocycles. The van der Waals surface area contributed by atoms with Gasteiger partial charge < -0.3 is 15.7 Å². The first kappa shape index (κ1) is 17.7. The summed E-state index contributed by atoms with van der Waals surface area (Å²) in [5.41, 5.74) is 6.40. The third-order valence-electron chi connectivity index (χ3n) is 6.84. The van der Waals surface area contributed by atoms with E-state index in [-0.39, 0.29) is 6.04 Å². The van der Waals surface area contributed by atoms with Gasteiger partial charge >= 0.3 is 5.97 Å². The van der Waals surface area contributed by atoms with Crippen LogP contribution >= 0.6 is 0 Å². The topological polar surface area (TPSA) is 82.7 Å². The van der Waals surface area contributed by atoms with E-state index < -0.39 is 11.4 Å². The van der Waals surface area contributed by atoms with Crippen molar-refractivity contribution in [3.63, 3.8) is 0 Å². The van der Waals surface area contributed by atoms with E-state index in [1.165, 1.54) is 19.3 Å². The standard InChI is InChI=1S/C20H30N4O2/c21-18-16(6-2-9-22-18)13-24-10-3-8-20(19(25)26)14-23(11-7-17(20)24)12-15-4-1-5-15/h2,6,9,15,17H,1,3-5,7-8,10-14H2,(H2,21,22)(H,25,26)/t17-,20+/m1/s1. The van der Waals surface area contributed by atoms with Crippen LogP contribution in [0.25, 0.3) is 0 Å². The van der Waals surface area contributed by atoms with Crippen LogP contribution < -0.4 is 5.73 Å². The largest absolute Gasteiger partial charge is 0.481 e. The molecule has 0 spiro atoms. The Morgan fingerprint density at radius 3 is 2.85 bits per heavy atom. The van der Waals surface area contributed by atoms with Gasteiger partial charge in [0.1, 0.15) is 5.82 Å². The van der Waals surface area contributed by atoms with Gasteiger partial charge in [-0.05, 0) is 57.2 Å². The summed E-state index contributed by atoms with van der Waals surface area (Å²) in [4.78, 5) is 21.4. The molecule has 1 saturated carbocycles. The average molecular weight is 358 g/mol. The molecule has 4 rings (SSSR count). The van der Waals surface area contributed by atoms with Gasteiger partial charge in [0.05, 0.1) is 5.41 Å². The van der Waals surface area contributed by atoms with Crippen LogP contribution in [-0.4, -0.2) is 58.1 Å². The normalized spacial score (nSPS) is 30.5. The quantitative estimate of drug-likeness (QED) is 0.840. The molecule has 2 aliphatic heterocycles. The number of aromatic nitrogens is 1. The van der Waals surface area contributed by atoms with Crippen LogP contribution in [0.1, 0.15) is 44.1 Å². The number of carboxylic acids is 1. The fraction of sp³-hybridized carbons (Fsp3) is 0.700. The molecule has 26 heavy (non-hydrogen) atoms. The maximum Gasteiger partial charge on any atom is 0.312 e. The van der Waals surface area contributed by atoms with E-state index in [1.807, 2.05) is 12.1 Å². The van der Waals surface area contributed by atoms with Crippen molar-refractivity contribution < 1.29 is 9.90 Å². The number of likely N-dealkylation sites (tertiary alicyclic amines) is 2. The van der Waals surface area contributed by atoms with Gasteiger partial charge in [-0.2, -0.15) is 0 Å². The first-order valence-corrected chi connectivity index (χ1v) is 9.98. The molecule has 0 unspecified atom stereocenters. The van der Waals surface area contributed by atoms with E-state index in [1.54, 1.807) is 6.20 Å². The lowest BCUT2D eigenvalue weighted by molar-refractivity contribution is -0.165. The van der Waals surface area contributed by atoms with E-state index >= 15 is 0 Å². The number of nitrogens with zero attached hydrogens (tertiary/aromatic N) is 3. The fourth-order valence-corrected chi connectivity index (χ4v) is 5.20. The molecule has 2 atom stereocenters. The zero-order valence-corrected chi connectivity index (χ0v) is 15.4. The van der Waals surface area contributed by atoms with Crippen molar-refractivity contribution >= 4 is 11.8 Å². The summed E-state index contributed by atoms with van der Waals surface area (Å²) in [6, 6.07) is 4.00. The second kappa shape index (κ2) is 7.16. The van der Waals surface area contributed by atoms with E-state index in [4.69, 9.17) is 5.73 Å². The summed E-state index contributed by atoms with van der Waals surface area (Å²) >= 11 is 0. The maximum absolute atomic E-state index is 12.4. The van der Waals surface area contributed by atoms with Gasteiger partial charge in [-0.1, -0.05) is 12.5 Å². The molecule has 0 bridgehead atoms. The zero-order valence-electron chi connectivity index (χ0n) is 15.4. The van der Waals surface area contributed by atoms with E-state index in [9.17, 15) is 9.90 Å². The van der Waals surface area contributed by atoms with Crippen molar-refractivity contribution in [1.82, 2.24) is 14.8 Å². The number of fused-ring (bicyclic) bond motifs is 1. The number of carbonyl (C=O) groups is 1. The SMILES string of the molecule is Nc1ncccc1CN1CCC[C@]2(C(=O)O)CN(CC3CCC3)CC[C@@H]12.